The van der Waals surface area contributed by atoms with E-state index in [1.54, 1.807) is 11.3 Å². The summed E-state index contributed by atoms with van der Waals surface area (Å²) in [5, 5.41) is 9.24. The molecular weight excluding hydrogens is 765 g/mol. The number of hydrogen-bond donors (Lipinski definition) is 0. The molecule has 0 saturated carbocycles. The highest BCUT2D eigenvalue weighted by Gasteiger charge is 2.23. The minimum Gasteiger partial charge on any atom is -0.456 e. The molecule has 0 aliphatic rings. The number of hydrogen-bond acceptors (Lipinski definition) is 5. The van der Waals surface area contributed by atoms with Gasteiger partial charge in [0.25, 0.3) is 0 Å². The minimum absolute atomic E-state index is 0.592. The van der Waals surface area contributed by atoms with Crippen molar-refractivity contribution in [2.75, 3.05) is 0 Å². The van der Waals surface area contributed by atoms with Gasteiger partial charge in [-0.15, -0.1) is 11.3 Å². The first kappa shape index (κ1) is 34.0. The van der Waals surface area contributed by atoms with Crippen LogP contribution in [0.3, 0.4) is 0 Å². The lowest BCUT2D eigenvalue weighted by Crippen LogP contribution is -2.00. The maximum atomic E-state index is 6.88. The lowest BCUT2D eigenvalue weighted by atomic mass is 9.98. The molecule has 0 aliphatic carbocycles. The summed E-state index contributed by atoms with van der Waals surface area (Å²) in [6, 6.07) is 68.5. The van der Waals surface area contributed by atoms with E-state index >= 15 is 0 Å². The molecule has 0 bridgehead atoms. The quantitative estimate of drug-likeness (QED) is 0.174. The van der Waals surface area contributed by atoms with Crippen molar-refractivity contribution < 1.29 is 4.42 Å². The van der Waals surface area contributed by atoms with Crippen LogP contribution < -0.4 is 0 Å². The highest BCUT2D eigenvalue weighted by molar-refractivity contribution is 7.26. The number of benzene rings is 9. The SMILES string of the molecule is c1ccc(-c2nc(-c3cccc4c3sc3ccccc34)nc(-c3cccc4oc5cc(-n6c7ccccc7c7cc8ccccc8cc76)c(-c6ccccc6)cc5c34)n2)cc1. The van der Waals surface area contributed by atoms with Crippen LogP contribution in [0.5, 0.6) is 0 Å². The Morgan fingerprint density at radius 1 is 0.393 bits per heavy atom. The van der Waals surface area contributed by atoms with E-state index in [0.717, 1.165) is 71.2 Å². The summed E-state index contributed by atoms with van der Waals surface area (Å²) < 4.78 is 11.7. The van der Waals surface area contributed by atoms with Crippen molar-refractivity contribution in [1.82, 2.24) is 19.5 Å². The average molecular weight is 797 g/mol. The maximum Gasteiger partial charge on any atom is 0.165 e. The van der Waals surface area contributed by atoms with Crippen molar-refractivity contribution in [3.63, 3.8) is 0 Å². The molecule has 0 N–H and O–H groups in total. The van der Waals surface area contributed by atoms with Crippen LogP contribution in [-0.2, 0) is 0 Å². The van der Waals surface area contributed by atoms with Gasteiger partial charge in [-0.05, 0) is 58.8 Å². The van der Waals surface area contributed by atoms with E-state index in [1.807, 2.05) is 30.3 Å². The summed E-state index contributed by atoms with van der Waals surface area (Å²) in [7, 11) is 0. The molecule has 4 heterocycles. The number of furan rings is 1. The van der Waals surface area contributed by atoms with Gasteiger partial charge in [-0.2, -0.15) is 0 Å². The topological polar surface area (TPSA) is 56.7 Å². The van der Waals surface area contributed by atoms with Gasteiger partial charge >= 0.3 is 0 Å². The van der Waals surface area contributed by atoms with E-state index in [2.05, 4.69) is 168 Å². The molecular formula is C55H32N4OS. The predicted molar refractivity (Wildman–Crippen MR) is 254 cm³/mol. The predicted octanol–water partition coefficient (Wildman–Crippen LogP) is 15.1. The summed E-state index contributed by atoms with van der Waals surface area (Å²) in [5.41, 5.74) is 9.90. The molecule has 0 radical (unpaired) electrons. The molecule has 0 atom stereocenters. The Morgan fingerprint density at radius 2 is 1.03 bits per heavy atom. The Labute approximate surface area is 353 Å². The Kier molecular flexibility index (Phi) is 7.41. The van der Waals surface area contributed by atoms with Crippen molar-refractivity contribution >= 4 is 86.0 Å². The molecule has 0 spiro atoms. The highest BCUT2D eigenvalue weighted by atomic mass is 32.1. The van der Waals surface area contributed by atoms with Gasteiger partial charge in [-0.1, -0.05) is 146 Å². The maximum absolute atomic E-state index is 6.88. The Hall–Kier alpha value is -7.93. The number of para-hydroxylation sites is 1. The molecule has 61 heavy (non-hydrogen) atoms. The van der Waals surface area contributed by atoms with Crippen LogP contribution in [-0.4, -0.2) is 19.5 Å². The average Bonchev–Trinajstić information content (AvgIpc) is 4.00. The smallest absolute Gasteiger partial charge is 0.165 e. The van der Waals surface area contributed by atoms with Crippen LogP contribution in [0.2, 0.25) is 0 Å². The van der Waals surface area contributed by atoms with Crippen LogP contribution in [0.25, 0.3) is 126 Å². The van der Waals surface area contributed by atoms with E-state index in [4.69, 9.17) is 19.4 Å². The second kappa shape index (κ2) is 13.3. The third-order valence-corrected chi connectivity index (χ3v) is 13.3. The fraction of sp³-hybridized carbons (Fsp3) is 0. The molecule has 0 amide bonds. The van der Waals surface area contributed by atoms with Gasteiger partial charge in [0.15, 0.2) is 17.5 Å². The second-order valence-corrected chi connectivity index (χ2v) is 16.6. The number of nitrogens with zero attached hydrogens (tertiary/aromatic N) is 4. The third-order valence-electron chi connectivity index (χ3n) is 12.0. The summed E-state index contributed by atoms with van der Waals surface area (Å²) >= 11 is 1.78. The number of rotatable bonds is 5. The van der Waals surface area contributed by atoms with E-state index in [-0.39, 0.29) is 0 Å². The number of fused-ring (bicyclic) bond motifs is 10. The highest BCUT2D eigenvalue weighted by Crippen LogP contribution is 2.44. The molecule has 0 fully saturated rings. The Morgan fingerprint density at radius 3 is 1.87 bits per heavy atom. The summed E-state index contributed by atoms with van der Waals surface area (Å²) in [6.45, 7) is 0. The van der Waals surface area contributed by atoms with Gasteiger partial charge in [-0.3, -0.25) is 0 Å². The Bertz CT molecular complexity index is 3880. The molecule has 284 valence electrons. The van der Waals surface area contributed by atoms with Gasteiger partial charge in [0.1, 0.15) is 11.2 Å². The molecule has 13 rings (SSSR count). The summed E-state index contributed by atoms with van der Waals surface area (Å²) in [4.78, 5) is 15.7. The molecule has 0 unspecified atom stereocenters. The molecule has 4 aromatic heterocycles. The lowest BCUT2D eigenvalue weighted by molar-refractivity contribution is 0.668. The first-order valence-electron chi connectivity index (χ1n) is 20.4. The lowest BCUT2D eigenvalue weighted by Gasteiger charge is -2.15. The first-order valence-corrected chi connectivity index (χ1v) is 21.2. The van der Waals surface area contributed by atoms with Crippen molar-refractivity contribution in [3.05, 3.63) is 194 Å². The second-order valence-electron chi connectivity index (χ2n) is 15.5. The normalized spacial score (nSPS) is 11.9. The molecule has 0 aliphatic heterocycles. The van der Waals surface area contributed by atoms with Crippen molar-refractivity contribution in [1.29, 1.82) is 0 Å². The summed E-state index contributed by atoms with van der Waals surface area (Å²) in [6.07, 6.45) is 0. The van der Waals surface area contributed by atoms with Gasteiger partial charge in [-0.25, -0.2) is 15.0 Å². The van der Waals surface area contributed by atoms with Crippen molar-refractivity contribution in [2.45, 2.75) is 0 Å². The number of thiophene rings is 1. The van der Waals surface area contributed by atoms with Gasteiger partial charge in [0.05, 0.1) is 16.7 Å². The van der Waals surface area contributed by atoms with E-state index < -0.39 is 0 Å². The zero-order valence-corrected chi connectivity index (χ0v) is 33.4. The van der Waals surface area contributed by atoms with E-state index in [0.29, 0.717) is 17.5 Å². The third kappa shape index (κ3) is 5.29. The van der Waals surface area contributed by atoms with Crippen LogP contribution in [0.15, 0.2) is 199 Å². The largest absolute Gasteiger partial charge is 0.456 e. The fourth-order valence-electron chi connectivity index (χ4n) is 9.25. The van der Waals surface area contributed by atoms with Crippen LogP contribution in [0.4, 0.5) is 0 Å². The zero-order chi connectivity index (χ0) is 40.0. The molecule has 9 aromatic carbocycles. The Balaban J connectivity index is 1.09. The first-order chi connectivity index (χ1) is 30.2. The van der Waals surface area contributed by atoms with Gasteiger partial charge in [0, 0.05) is 70.0 Å². The van der Waals surface area contributed by atoms with Crippen molar-refractivity contribution in [3.8, 4) is 51.0 Å². The van der Waals surface area contributed by atoms with Crippen LogP contribution in [0, 0.1) is 0 Å². The van der Waals surface area contributed by atoms with E-state index in [9.17, 15) is 0 Å². The van der Waals surface area contributed by atoms with Gasteiger partial charge in [0.2, 0.25) is 0 Å². The van der Waals surface area contributed by atoms with Crippen LogP contribution >= 0.6 is 11.3 Å². The minimum atomic E-state index is 0.592. The van der Waals surface area contributed by atoms with E-state index in [1.165, 1.54) is 37.0 Å². The standard InChI is InChI=1S/C55H32N4OS/c1-3-15-33(16-4-1)42-31-44-49(32-47(42)59-45-26-11-9-21-37(45)43-29-35-19-7-8-20-36(35)30-46(43)59)60-48-27-14-24-40(51(44)48)54-56-53(34-17-5-2-6-18-34)57-55(58-54)41-25-13-23-39-38-22-10-12-28-50(38)61-52(39)41/h1-32H. The number of aromatic nitrogens is 4. The van der Waals surface area contributed by atoms with Crippen LogP contribution in [0.1, 0.15) is 0 Å². The van der Waals surface area contributed by atoms with Gasteiger partial charge < -0.3 is 8.98 Å². The van der Waals surface area contributed by atoms with Crippen molar-refractivity contribution in [2.24, 2.45) is 0 Å². The monoisotopic (exact) mass is 796 g/mol. The molecule has 6 heteroatoms. The molecule has 0 saturated heterocycles. The molecule has 5 nitrogen and oxygen atoms in total. The summed E-state index contributed by atoms with van der Waals surface area (Å²) in [5.74, 6) is 1.85. The zero-order valence-electron chi connectivity index (χ0n) is 32.6. The molecule has 13 aromatic rings. The fourth-order valence-corrected chi connectivity index (χ4v) is 10.5.